The third kappa shape index (κ3) is 4.05. The normalized spacial score (nSPS) is 11.3. The zero-order valence-electron chi connectivity index (χ0n) is 11.8. The number of rotatable bonds is 7. The first-order chi connectivity index (χ1) is 10.1. The van der Waals surface area contributed by atoms with Crippen molar-refractivity contribution in [1.29, 1.82) is 0 Å². The molecule has 0 atom stereocenters. The van der Waals surface area contributed by atoms with E-state index < -0.39 is 11.6 Å². The predicted molar refractivity (Wildman–Crippen MR) is 77.1 cm³/mol. The Morgan fingerprint density at radius 1 is 1.19 bits per heavy atom. The van der Waals surface area contributed by atoms with Gasteiger partial charge in [0.2, 0.25) is 0 Å². The van der Waals surface area contributed by atoms with Crippen molar-refractivity contribution in [3.63, 3.8) is 0 Å². The van der Waals surface area contributed by atoms with Gasteiger partial charge in [0.05, 0.1) is 23.8 Å². The van der Waals surface area contributed by atoms with E-state index in [1.165, 1.54) is 6.20 Å². The molecule has 0 amide bonds. The van der Waals surface area contributed by atoms with Crippen LogP contribution in [-0.2, 0) is 0 Å². The van der Waals surface area contributed by atoms with E-state index in [-0.39, 0.29) is 6.61 Å². The van der Waals surface area contributed by atoms with E-state index in [1.807, 2.05) is 6.92 Å². The molecule has 0 unspecified atom stereocenters. The lowest BCUT2D eigenvalue weighted by Crippen LogP contribution is -2.31. The maximum atomic E-state index is 13.2. The third-order valence-electron chi connectivity index (χ3n) is 3.18. The summed E-state index contributed by atoms with van der Waals surface area (Å²) >= 11 is 0. The van der Waals surface area contributed by atoms with Gasteiger partial charge in [0.15, 0.2) is 11.6 Å². The molecule has 0 aliphatic carbocycles. The highest BCUT2D eigenvalue weighted by Crippen LogP contribution is 2.16. The summed E-state index contributed by atoms with van der Waals surface area (Å²) in [5, 5.41) is 12.0. The number of fused-ring (bicyclic) bond motifs is 1. The van der Waals surface area contributed by atoms with E-state index in [0.717, 1.165) is 25.2 Å². The van der Waals surface area contributed by atoms with Crippen molar-refractivity contribution in [2.75, 3.05) is 38.1 Å². The predicted octanol–water partition coefficient (Wildman–Crippen LogP) is 1.63. The molecule has 0 saturated heterocycles. The highest BCUT2D eigenvalue weighted by Gasteiger charge is 2.07. The van der Waals surface area contributed by atoms with Crippen LogP contribution in [0.4, 0.5) is 14.6 Å². The monoisotopic (exact) mass is 296 g/mol. The minimum Gasteiger partial charge on any atom is -0.395 e. The summed E-state index contributed by atoms with van der Waals surface area (Å²) in [6.07, 6.45) is 1.49. The first-order valence-electron chi connectivity index (χ1n) is 6.83. The second-order valence-electron chi connectivity index (χ2n) is 4.59. The van der Waals surface area contributed by atoms with E-state index in [2.05, 4.69) is 20.2 Å². The van der Waals surface area contributed by atoms with Crippen molar-refractivity contribution >= 4 is 16.9 Å². The molecule has 0 saturated carbocycles. The number of hydrogen-bond donors (Lipinski definition) is 2. The van der Waals surface area contributed by atoms with Crippen molar-refractivity contribution in [2.45, 2.75) is 6.92 Å². The van der Waals surface area contributed by atoms with Crippen LogP contribution >= 0.6 is 0 Å². The smallest absolute Gasteiger partial charge is 0.161 e. The van der Waals surface area contributed by atoms with E-state index in [9.17, 15) is 8.78 Å². The molecule has 0 aliphatic rings. The molecule has 7 heteroatoms. The Labute approximate surface area is 121 Å². The van der Waals surface area contributed by atoms with Gasteiger partial charge < -0.3 is 10.4 Å². The lowest BCUT2D eigenvalue weighted by atomic mass is 10.3. The van der Waals surface area contributed by atoms with Gasteiger partial charge in [0, 0.05) is 31.8 Å². The number of halogens is 2. The van der Waals surface area contributed by atoms with Gasteiger partial charge in [0.1, 0.15) is 5.82 Å². The van der Waals surface area contributed by atoms with Crippen molar-refractivity contribution in [3.8, 4) is 0 Å². The molecule has 0 bridgehead atoms. The second-order valence-corrected chi connectivity index (χ2v) is 4.59. The summed E-state index contributed by atoms with van der Waals surface area (Å²) in [5.74, 6) is -1.36. The lowest BCUT2D eigenvalue weighted by molar-refractivity contribution is 0.206. The Morgan fingerprint density at radius 3 is 2.57 bits per heavy atom. The van der Waals surface area contributed by atoms with Gasteiger partial charge in [-0.3, -0.25) is 9.88 Å². The highest BCUT2D eigenvalue weighted by molar-refractivity contribution is 5.75. The van der Waals surface area contributed by atoms with Gasteiger partial charge >= 0.3 is 0 Å². The zero-order valence-corrected chi connectivity index (χ0v) is 11.8. The van der Waals surface area contributed by atoms with Crippen LogP contribution in [0.15, 0.2) is 18.3 Å². The summed E-state index contributed by atoms with van der Waals surface area (Å²) < 4.78 is 26.2. The van der Waals surface area contributed by atoms with Crippen LogP contribution in [0.1, 0.15) is 6.92 Å². The van der Waals surface area contributed by atoms with Crippen molar-refractivity contribution in [3.05, 3.63) is 30.0 Å². The summed E-state index contributed by atoms with van der Waals surface area (Å²) in [6, 6.07) is 2.06. The molecule has 0 aliphatic heterocycles. The SMILES string of the molecule is CCN(CCO)CCNc1cnc2cc(F)c(F)cc2n1. The highest BCUT2D eigenvalue weighted by atomic mass is 19.2. The Morgan fingerprint density at radius 2 is 1.90 bits per heavy atom. The van der Waals surface area contributed by atoms with Gasteiger partial charge in [-0.25, -0.2) is 13.8 Å². The van der Waals surface area contributed by atoms with Gasteiger partial charge in [0.25, 0.3) is 0 Å². The number of nitrogens with zero attached hydrogens (tertiary/aromatic N) is 3. The summed E-state index contributed by atoms with van der Waals surface area (Å²) in [6.45, 7) is 4.96. The summed E-state index contributed by atoms with van der Waals surface area (Å²) in [4.78, 5) is 10.3. The topological polar surface area (TPSA) is 61.3 Å². The minimum atomic E-state index is -0.936. The Bertz CT molecular complexity index is 609. The molecule has 0 fully saturated rings. The average Bonchev–Trinajstić information content (AvgIpc) is 2.47. The first kappa shape index (κ1) is 15.5. The van der Waals surface area contributed by atoms with Crippen LogP contribution in [0, 0.1) is 11.6 Å². The number of anilines is 1. The number of aliphatic hydroxyl groups is 1. The lowest BCUT2D eigenvalue weighted by Gasteiger charge is -2.19. The average molecular weight is 296 g/mol. The minimum absolute atomic E-state index is 0.120. The second kappa shape index (κ2) is 7.24. The molecular formula is C14H18F2N4O. The van der Waals surface area contributed by atoms with E-state index in [4.69, 9.17) is 5.11 Å². The van der Waals surface area contributed by atoms with Crippen LogP contribution in [0.25, 0.3) is 11.0 Å². The fourth-order valence-electron chi connectivity index (χ4n) is 2.00. The largest absolute Gasteiger partial charge is 0.395 e. The maximum absolute atomic E-state index is 13.2. The number of aromatic nitrogens is 2. The maximum Gasteiger partial charge on any atom is 0.161 e. The standard InChI is InChI=1S/C14H18F2N4O/c1-2-20(5-6-21)4-3-17-14-9-18-12-7-10(15)11(16)8-13(12)19-14/h7-9,21H,2-6H2,1H3,(H,17,19). The molecule has 2 aromatic rings. The number of likely N-dealkylation sites (N-methyl/N-ethyl adjacent to an activating group) is 1. The number of nitrogens with one attached hydrogen (secondary N) is 1. The van der Waals surface area contributed by atoms with Crippen LogP contribution < -0.4 is 5.32 Å². The Hall–Kier alpha value is -1.86. The first-order valence-corrected chi connectivity index (χ1v) is 6.83. The molecular weight excluding hydrogens is 278 g/mol. The fourth-order valence-corrected chi connectivity index (χ4v) is 2.00. The third-order valence-corrected chi connectivity index (χ3v) is 3.18. The number of aliphatic hydroxyl groups excluding tert-OH is 1. The van der Waals surface area contributed by atoms with Crippen LogP contribution in [0.3, 0.4) is 0 Å². The fraction of sp³-hybridized carbons (Fsp3) is 0.429. The van der Waals surface area contributed by atoms with Gasteiger partial charge in [-0.2, -0.15) is 0 Å². The quantitative estimate of drug-likeness (QED) is 0.813. The zero-order chi connectivity index (χ0) is 15.2. The Balaban J connectivity index is 2.01. The van der Waals surface area contributed by atoms with Crippen LogP contribution in [0.5, 0.6) is 0 Å². The van der Waals surface area contributed by atoms with Crippen molar-refractivity contribution in [2.24, 2.45) is 0 Å². The molecule has 0 radical (unpaired) electrons. The molecule has 1 heterocycles. The van der Waals surface area contributed by atoms with Crippen molar-refractivity contribution in [1.82, 2.24) is 14.9 Å². The molecule has 21 heavy (non-hydrogen) atoms. The number of benzene rings is 1. The van der Waals surface area contributed by atoms with Gasteiger partial charge in [-0.15, -0.1) is 0 Å². The van der Waals surface area contributed by atoms with E-state index >= 15 is 0 Å². The van der Waals surface area contributed by atoms with Crippen molar-refractivity contribution < 1.29 is 13.9 Å². The molecule has 2 N–H and O–H groups in total. The molecule has 2 rings (SSSR count). The molecule has 1 aromatic carbocycles. The molecule has 5 nitrogen and oxygen atoms in total. The van der Waals surface area contributed by atoms with Crippen LogP contribution in [0.2, 0.25) is 0 Å². The van der Waals surface area contributed by atoms with Gasteiger partial charge in [-0.05, 0) is 6.54 Å². The van der Waals surface area contributed by atoms with E-state index in [1.54, 1.807) is 0 Å². The molecule has 114 valence electrons. The van der Waals surface area contributed by atoms with Gasteiger partial charge in [-0.1, -0.05) is 6.92 Å². The van der Waals surface area contributed by atoms with Crippen LogP contribution in [-0.4, -0.2) is 52.8 Å². The summed E-state index contributed by atoms with van der Waals surface area (Å²) in [5.41, 5.74) is 0.622. The Kier molecular flexibility index (Phi) is 5.35. The molecule has 0 spiro atoms. The van der Waals surface area contributed by atoms with E-state index in [0.29, 0.717) is 29.9 Å². The molecule has 1 aromatic heterocycles. The summed E-state index contributed by atoms with van der Waals surface area (Å²) in [7, 11) is 0. The number of hydrogen-bond acceptors (Lipinski definition) is 5.